The second kappa shape index (κ2) is 9.02. The minimum absolute atomic E-state index is 0.154. The van der Waals surface area contributed by atoms with E-state index in [1.54, 1.807) is 18.2 Å². The average molecular weight is 470 g/mol. The summed E-state index contributed by atoms with van der Waals surface area (Å²) in [5.41, 5.74) is -0.0526. The lowest BCUT2D eigenvalue weighted by molar-refractivity contribution is -0.189. The molecule has 3 aromatic heterocycles. The summed E-state index contributed by atoms with van der Waals surface area (Å²) in [7, 11) is 0. The summed E-state index contributed by atoms with van der Waals surface area (Å²) >= 11 is 7.12. The number of aromatic nitrogens is 3. The van der Waals surface area contributed by atoms with E-state index in [1.165, 1.54) is 11.3 Å². The summed E-state index contributed by atoms with van der Waals surface area (Å²) in [5, 5.41) is 16.9. The van der Waals surface area contributed by atoms with Crippen LogP contribution in [0.2, 0.25) is 4.34 Å². The summed E-state index contributed by atoms with van der Waals surface area (Å²) in [6.45, 7) is -6.40. The minimum Gasteiger partial charge on any atom is -0.477 e. The molecule has 3 aromatic rings. The number of carboxylic acids is 1. The number of halogens is 5. The molecular weight excluding hydrogens is 458 g/mol. The fourth-order valence-electron chi connectivity index (χ4n) is 2.27. The van der Waals surface area contributed by atoms with Crippen molar-refractivity contribution in [2.45, 2.75) is 19.1 Å². The standard InChI is InChI=1S/C16H12ClF4N3O5S/c17-12-2-1-11(30-12)10-3-8(23-29-10)5-24-9(14(25)26)4-13(22-24)27-6-16(20,21)7-28-15(18)19/h1-4,15H,5-7H2,(H,25,26). The molecule has 0 saturated heterocycles. The van der Waals surface area contributed by atoms with E-state index in [2.05, 4.69) is 15.0 Å². The third-order valence-electron chi connectivity index (χ3n) is 3.52. The number of nitrogens with zero attached hydrogens (tertiary/aromatic N) is 3. The number of hydrogen-bond donors (Lipinski definition) is 1. The smallest absolute Gasteiger partial charge is 0.354 e. The predicted molar refractivity (Wildman–Crippen MR) is 95.5 cm³/mol. The zero-order valence-corrected chi connectivity index (χ0v) is 16.3. The Labute approximate surface area is 174 Å². The van der Waals surface area contributed by atoms with Crippen LogP contribution < -0.4 is 4.74 Å². The van der Waals surface area contributed by atoms with Crippen molar-refractivity contribution < 1.29 is 41.5 Å². The zero-order chi connectivity index (χ0) is 21.9. The second-order valence-electron chi connectivity index (χ2n) is 5.83. The predicted octanol–water partition coefficient (Wildman–Crippen LogP) is 4.25. The van der Waals surface area contributed by atoms with Gasteiger partial charge in [-0.25, -0.2) is 18.3 Å². The molecule has 30 heavy (non-hydrogen) atoms. The highest BCUT2D eigenvalue weighted by Crippen LogP contribution is 2.31. The molecule has 0 atom stereocenters. The number of ether oxygens (including phenoxy) is 2. The number of thiophene rings is 1. The van der Waals surface area contributed by atoms with Crippen molar-refractivity contribution in [3.63, 3.8) is 0 Å². The molecule has 3 heterocycles. The van der Waals surface area contributed by atoms with Gasteiger partial charge in [-0.2, -0.15) is 8.78 Å². The molecule has 0 saturated carbocycles. The highest BCUT2D eigenvalue weighted by atomic mass is 35.5. The topological polar surface area (TPSA) is 99.6 Å². The Bertz CT molecular complexity index is 1020. The number of carbonyl (C=O) groups is 1. The maximum absolute atomic E-state index is 13.5. The lowest BCUT2D eigenvalue weighted by atomic mass is 10.3. The van der Waals surface area contributed by atoms with Crippen molar-refractivity contribution in [3.05, 3.63) is 40.0 Å². The van der Waals surface area contributed by atoms with E-state index in [0.29, 0.717) is 20.7 Å². The molecule has 8 nitrogen and oxygen atoms in total. The van der Waals surface area contributed by atoms with E-state index < -0.39 is 37.6 Å². The first-order valence-electron chi connectivity index (χ1n) is 8.06. The van der Waals surface area contributed by atoms with E-state index in [4.69, 9.17) is 20.9 Å². The van der Waals surface area contributed by atoms with Crippen molar-refractivity contribution in [2.75, 3.05) is 13.2 Å². The van der Waals surface area contributed by atoms with Gasteiger partial charge in [0.05, 0.1) is 15.8 Å². The molecule has 0 aliphatic rings. The Morgan fingerprint density at radius 2 is 2.10 bits per heavy atom. The highest BCUT2D eigenvalue weighted by Gasteiger charge is 2.32. The van der Waals surface area contributed by atoms with Gasteiger partial charge in [-0.3, -0.25) is 0 Å². The van der Waals surface area contributed by atoms with Gasteiger partial charge in [-0.15, -0.1) is 16.4 Å². The monoisotopic (exact) mass is 469 g/mol. The third kappa shape index (κ3) is 5.70. The van der Waals surface area contributed by atoms with Crippen LogP contribution in [0.3, 0.4) is 0 Å². The van der Waals surface area contributed by atoms with Crippen LogP contribution in [0.5, 0.6) is 5.88 Å². The Balaban J connectivity index is 1.70. The van der Waals surface area contributed by atoms with E-state index in [-0.39, 0.29) is 12.2 Å². The van der Waals surface area contributed by atoms with Gasteiger partial charge < -0.3 is 19.1 Å². The molecule has 1 N–H and O–H groups in total. The van der Waals surface area contributed by atoms with Gasteiger partial charge in [0.2, 0.25) is 5.88 Å². The Morgan fingerprint density at radius 1 is 1.33 bits per heavy atom. The van der Waals surface area contributed by atoms with E-state index in [9.17, 15) is 27.5 Å². The third-order valence-corrected chi connectivity index (χ3v) is 4.76. The van der Waals surface area contributed by atoms with E-state index >= 15 is 0 Å². The number of carboxylic acid groups (broad SMARTS) is 1. The molecule has 0 fully saturated rings. The van der Waals surface area contributed by atoms with Gasteiger partial charge in [0, 0.05) is 12.1 Å². The van der Waals surface area contributed by atoms with Crippen LogP contribution in [0, 0.1) is 0 Å². The maximum Gasteiger partial charge on any atom is 0.354 e. The first-order valence-corrected chi connectivity index (χ1v) is 9.25. The lowest BCUT2D eigenvalue weighted by Gasteiger charge is -2.15. The van der Waals surface area contributed by atoms with Crippen molar-refractivity contribution in [1.29, 1.82) is 0 Å². The van der Waals surface area contributed by atoms with E-state index in [0.717, 1.165) is 10.7 Å². The molecular formula is C16H12ClF4N3O5S. The Hall–Kier alpha value is -2.64. The normalized spacial score (nSPS) is 11.9. The maximum atomic E-state index is 13.5. The molecule has 0 radical (unpaired) electrons. The van der Waals surface area contributed by atoms with Crippen LogP contribution in [0.15, 0.2) is 28.8 Å². The van der Waals surface area contributed by atoms with Crippen LogP contribution in [0.1, 0.15) is 16.2 Å². The van der Waals surface area contributed by atoms with Crippen molar-refractivity contribution in [2.24, 2.45) is 0 Å². The average Bonchev–Trinajstić information content (AvgIpc) is 3.39. The van der Waals surface area contributed by atoms with Crippen molar-refractivity contribution >= 4 is 28.9 Å². The second-order valence-corrected chi connectivity index (χ2v) is 7.55. The molecule has 0 aliphatic heterocycles. The SMILES string of the molecule is O=C(O)c1cc(OCC(F)(F)COC(F)F)nn1Cc1cc(-c2ccc(Cl)s2)on1. The number of hydrogen-bond acceptors (Lipinski definition) is 7. The van der Waals surface area contributed by atoms with E-state index in [1.807, 2.05) is 0 Å². The summed E-state index contributed by atoms with van der Waals surface area (Å²) in [6, 6.07) is 5.86. The molecule has 0 aliphatic carbocycles. The van der Waals surface area contributed by atoms with Crippen LogP contribution in [-0.4, -0.2) is 51.8 Å². The van der Waals surface area contributed by atoms with Gasteiger partial charge >= 0.3 is 18.5 Å². The molecule has 3 rings (SSSR count). The molecule has 0 amide bonds. The Morgan fingerprint density at radius 3 is 2.73 bits per heavy atom. The van der Waals surface area contributed by atoms with Gasteiger partial charge in [0.1, 0.15) is 12.3 Å². The molecule has 162 valence electrons. The summed E-state index contributed by atoms with van der Waals surface area (Å²) in [5.74, 6) is -5.15. The largest absolute Gasteiger partial charge is 0.477 e. The fraction of sp³-hybridized carbons (Fsp3) is 0.312. The van der Waals surface area contributed by atoms with Gasteiger partial charge in [-0.1, -0.05) is 16.8 Å². The van der Waals surface area contributed by atoms with Crippen LogP contribution in [-0.2, 0) is 11.3 Å². The summed E-state index contributed by atoms with van der Waals surface area (Å²) in [6.07, 6.45) is 0. The van der Waals surface area contributed by atoms with Gasteiger partial charge in [-0.05, 0) is 12.1 Å². The van der Waals surface area contributed by atoms with Crippen molar-refractivity contribution in [3.8, 4) is 16.5 Å². The van der Waals surface area contributed by atoms with Crippen LogP contribution in [0.4, 0.5) is 17.6 Å². The number of aromatic carboxylic acids is 1. The van der Waals surface area contributed by atoms with Gasteiger partial charge in [0.15, 0.2) is 18.1 Å². The molecule has 0 spiro atoms. The lowest BCUT2D eigenvalue weighted by Crippen LogP contribution is -2.32. The number of rotatable bonds is 10. The van der Waals surface area contributed by atoms with Crippen LogP contribution in [0.25, 0.3) is 10.6 Å². The molecule has 0 aromatic carbocycles. The molecule has 0 bridgehead atoms. The number of alkyl halides is 4. The quantitative estimate of drug-likeness (QED) is 0.443. The minimum atomic E-state index is -3.73. The molecule has 14 heteroatoms. The molecule has 0 unspecified atom stereocenters. The fourth-order valence-corrected chi connectivity index (χ4v) is 3.26. The zero-order valence-electron chi connectivity index (χ0n) is 14.7. The Kier molecular flexibility index (Phi) is 6.63. The highest BCUT2D eigenvalue weighted by molar-refractivity contribution is 7.19. The first kappa shape index (κ1) is 22.1. The summed E-state index contributed by atoms with van der Waals surface area (Å²) < 4.78 is 65.8. The first-order chi connectivity index (χ1) is 14.1. The van der Waals surface area contributed by atoms with Crippen LogP contribution >= 0.6 is 22.9 Å². The summed E-state index contributed by atoms with van der Waals surface area (Å²) in [4.78, 5) is 12.1. The van der Waals surface area contributed by atoms with Gasteiger partial charge in [0.25, 0.3) is 0 Å². The van der Waals surface area contributed by atoms with Crippen molar-refractivity contribution in [1.82, 2.24) is 14.9 Å².